The SMILES string of the molecule is CC(C)n1ccc(CNCCSCCCO)n1. The zero-order chi connectivity index (χ0) is 12.5. The molecule has 0 aliphatic carbocycles. The molecule has 0 spiro atoms. The van der Waals surface area contributed by atoms with Crippen molar-refractivity contribution in [2.24, 2.45) is 0 Å². The molecule has 4 nitrogen and oxygen atoms in total. The molecule has 1 aromatic heterocycles. The van der Waals surface area contributed by atoms with Gasteiger partial charge in [-0.25, -0.2) is 0 Å². The smallest absolute Gasteiger partial charge is 0.0762 e. The van der Waals surface area contributed by atoms with E-state index in [0.717, 1.165) is 36.7 Å². The molecule has 0 atom stereocenters. The Balaban J connectivity index is 2.05. The van der Waals surface area contributed by atoms with Crippen LogP contribution in [0.3, 0.4) is 0 Å². The molecule has 98 valence electrons. The van der Waals surface area contributed by atoms with E-state index in [1.807, 2.05) is 22.6 Å². The summed E-state index contributed by atoms with van der Waals surface area (Å²) >= 11 is 1.87. The molecule has 0 bridgehead atoms. The predicted octanol–water partition coefficient (Wildman–Crippen LogP) is 1.67. The molecule has 1 aromatic rings. The third-order valence-electron chi connectivity index (χ3n) is 2.37. The van der Waals surface area contributed by atoms with Crippen molar-refractivity contribution in [3.8, 4) is 0 Å². The lowest BCUT2D eigenvalue weighted by Crippen LogP contribution is -2.17. The Bertz CT molecular complexity index is 302. The third-order valence-corrected chi connectivity index (χ3v) is 3.44. The summed E-state index contributed by atoms with van der Waals surface area (Å²) in [7, 11) is 0. The molecule has 2 N–H and O–H groups in total. The molecule has 0 aliphatic rings. The first-order valence-corrected chi connectivity index (χ1v) is 7.33. The zero-order valence-corrected chi connectivity index (χ0v) is 11.5. The highest BCUT2D eigenvalue weighted by atomic mass is 32.2. The summed E-state index contributed by atoms with van der Waals surface area (Å²) in [6.45, 7) is 6.38. The van der Waals surface area contributed by atoms with E-state index in [0.29, 0.717) is 12.6 Å². The lowest BCUT2D eigenvalue weighted by molar-refractivity contribution is 0.296. The van der Waals surface area contributed by atoms with Crippen molar-refractivity contribution in [2.45, 2.75) is 32.9 Å². The number of hydrogen-bond acceptors (Lipinski definition) is 4. The Morgan fingerprint density at radius 3 is 2.94 bits per heavy atom. The summed E-state index contributed by atoms with van der Waals surface area (Å²) in [4.78, 5) is 0. The second-order valence-electron chi connectivity index (χ2n) is 4.25. The van der Waals surface area contributed by atoms with Crippen LogP contribution in [0.25, 0.3) is 0 Å². The first kappa shape index (κ1) is 14.5. The summed E-state index contributed by atoms with van der Waals surface area (Å²) in [5, 5.41) is 16.5. The molecule has 0 radical (unpaired) electrons. The maximum absolute atomic E-state index is 8.63. The van der Waals surface area contributed by atoms with Gasteiger partial charge in [-0.3, -0.25) is 4.68 Å². The van der Waals surface area contributed by atoms with Crippen molar-refractivity contribution >= 4 is 11.8 Å². The number of thioether (sulfide) groups is 1. The molecule has 0 aliphatic heterocycles. The second-order valence-corrected chi connectivity index (χ2v) is 5.47. The fourth-order valence-electron chi connectivity index (χ4n) is 1.39. The van der Waals surface area contributed by atoms with Crippen LogP contribution in [0.5, 0.6) is 0 Å². The molecule has 0 saturated heterocycles. The van der Waals surface area contributed by atoms with Crippen LogP contribution in [0, 0.1) is 0 Å². The minimum absolute atomic E-state index is 0.299. The van der Waals surface area contributed by atoms with Crippen molar-refractivity contribution in [3.63, 3.8) is 0 Å². The molecule has 0 unspecified atom stereocenters. The van der Waals surface area contributed by atoms with E-state index in [2.05, 4.69) is 30.3 Å². The van der Waals surface area contributed by atoms with Crippen molar-refractivity contribution in [2.75, 3.05) is 24.7 Å². The first-order valence-electron chi connectivity index (χ1n) is 6.17. The van der Waals surface area contributed by atoms with Crippen LogP contribution < -0.4 is 5.32 Å². The van der Waals surface area contributed by atoms with Crippen molar-refractivity contribution in [3.05, 3.63) is 18.0 Å². The first-order chi connectivity index (χ1) is 8.24. The molecular weight excluding hydrogens is 234 g/mol. The zero-order valence-electron chi connectivity index (χ0n) is 10.7. The molecule has 1 rings (SSSR count). The summed E-state index contributed by atoms with van der Waals surface area (Å²) in [6.07, 6.45) is 2.92. The van der Waals surface area contributed by atoms with Crippen molar-refractivity contribution in [1.29, 1.82) is 0 Å². The fraction of sp³-hybridized carbons (Fsp3) is 0.750. The highest BCUT2D eigenvalue weighted by Gasteiger charge is 2.01. The lowest BCUT2D eigenvalue weighted by atomic mass is 10.4. The van der Waals surface area contributed by atoms with Crippen molar-refractivity contribution < 1.29 is 5.11 Å². The van der Waals surface area contributed by atoms with E-state index in [4.69, 9.17) is 5.11 Å². The van der Waals surface area contributed by atoms with E-state index in [9.17, 15) is 0 Å². The predicted molar refractivity (Wildman–Crippen MR) is 73.3 cm³/mol. The summed E-state index contributed by atoms with van der Waals surface area (Å²) in [5.41, 5.74) is 1.10. The molecule has 0 amide bonds. The Morgan fingerprint density at radius 1 is 1.47 bits per heavy atom. The monoisotopic (exact) mass is 257 g/mol. The van der Waals surface area contributed by atoms with E-state index < -0.39 is 0 Å². The minimum Gasteiger partial charge on any atom is -0.396 e. The maximum Gasteiger partial charge on any atom is 0.0762 e. The van der Waals surface area contributed by atoms with Crippen LogP contribution in [0.4, 0.5) is 0 Å². The molecule has 17 heavy (non-hydrogen) atoms. The largest absolute Gasteiger partial charge is 0.396 e. The quantitative estimate of drug-likeness (QED) is 0.661. The number of nitrogens with zero attached hydrogens (tertiary/aromatic N) is 2. The van der Waals surface area contributed by atoms with E-state index in [1.54, 1.807) is 0 Å². The van der Waals surface area contributed by atoms with E-state index >= 15 is 0 Å². The number of nitrogens with one attached hydrogen (secondary N) is 1. The molecule has 0 saturated carbocycles. The Morgan fingerprint density at radius 2 is 2.29 bits per heavy atom. The number of rotatable bonds is 9. The van der Waals surface area contributed by atoms with Gasteiger partial charge < -0.3 is 10.4 Å². The standard InChI is InChI=1S/C12H23N3OS/c1-11(2)15-6-4-12(14-15)10-13-5-9-17-8-3-7-16/h4,6,11,13,16H,3,5,7-10H2,1-2H3. The van der Waals surface area contributed by atoms with Crippen LogP contribution in [-0.2, 0) is 6.54 Å². The highest BCUT2D eigenvalue weighted by molar-refractivity contribution is 7.99. The molecule has 0 aromatic carbocycles. The lowest BCUT2D eigenvalue weighted by Gasteiger charge is -2.04. The van der Waals surface area contributed by atoms with Gasteiger partial charge in [0.2, 0.25) is 0 Å². The van der Waals surface area contributed by atoms with Crippen LogP contribution in [0.15, 0.2) is 12.3 Å². The van der Waals surface area contributed by atoms with Gasteiger partial charge in [-0.2, -0.15) is 16.9 Å². The number of aliphatic hydroxyl groups is 1. The summed E-state index contributed by atoms with van der Waals surface area (Å²) in [5.74, 6) is 2.13. The second kappa shape index (κ2) is 8.55. The summed E-state index contributed by atoms with van der Waals surface area (Å²) < 4.78 is 1.98. The maximum atomic E-state index is 8.63. The average molecular weight is 257 g/mol. The van der Waals surface area contributed by atoms with Crippen molar-refractivity contribution in [1.82, 2.24) is 15.1 Å². The van der Waals surface area contributed by atoms with Gasteiger partial charge >= 0.3 is 0 Å². The van der Waals surface area contributed by atoms with Crippen LogP contribution in [-0.4, -0.2) is 39.5 Å². The summed E-state index contributed by atoms with van der Waals surface area (Å²) in [6, 6.07) is 2.49. The van der Waals surface area contributed by atoms with E-state index in [1.165, 1.54) is 0 Å². The molecular formula is C12H23N3OS. The van der Waals surface area contributed by atoms with Gasteiger partial charge in [-0.15, -0.1) is 0 Å². The average Bonchev–Trinajstić information content (AvgIpc) is 2.77. The third kappa shape index (κ3) is 6.10. The Hall–Kier alpha value is -0.520. The van der Waals surface area contributed by atoms with Gasteiger partial charge in [0.15, 0.2) is 0 Å². The molecule has 1 heterocycles. The minimum atomic E-state index is 0.299. The van der Waals surface area contributed by atoms with Gasteiger partial charge in [0.1, 0.15) is 0 Å². The molecule has 0 fully saturated rings. The van der Waals surface area contributed by atoms with Gasteiger partial charge in [0, 0.05) is 37.7 Å². The molecule has 5 heteroatoms. The number of hydrogen-bond donors (Lipinski definition) is 2. The highest BCUT2D eigenvalue weighted by Crippen LogP contribution is 2.04. The van der Waals surface area contributed by atoms with Gasteiger partial charge in [0.05, 0.1) is 5.69 Å². The van der Waals surface area contributed by atoms with Crippen LogP contribution >= 0.6 is 11.8 Å². The number of aliphatic hydroxyl groups excluding tert-OH is 1. The van der Waals surface area contributed by atoms with Gasteiger partial charge in [-0.05, 0) is 32.1 Å². The van der Waals surface area contributed by atoms with Crippen LogP contribution in [0.2, 0.25) is 0 Å². The van der Waals surface area contributed by atoms with Gasteiger partial charge in [-0.1, -0.05) is 0 Å². The number of aromatic nitrogens is 2. The van der Waals surface area contributed by atoms with E-state index in [-0.39, 0.29) is 0 Å². The van der Waals surface area contributed by atoms with Gasteiger partial charge in [0.25, 0.3) is 0 Å². The topological polar surface area (TPSA) is 50.1 Å². The van der Waals surface area contributed by atoms with Crippen LogP contribution in [0.1, 0.15) is 32.0 Å². The normalized spacial score (nSPS) is 11.3. The fourth-order valence-corrected chi connectivity index (χ4v) is 2.21. The Kier molecular flexibility index (Phi) is 7.32. The Labute approximate surface area is 108 Å².